The molecule has 1 atom stereocenters. The van der Waals surface area contributed by atoms with Crippen molar-refractivity contribution in [3.05, 3.63) is 0 Å². The lowest BCUT2D eigenvalue weighted by atomic mass is 10.2. The quantitative estimate of drug-likeness (QED) is 0.402. The third-order valence-corrected chi connectivity index (χ3v) is 1.61. The van der Waals surface area contributed by atoms with Gasteiger partial charge in [0.1, 0.15) is 6.04 Å². The van der Waals surface area contributed by atoms with Crippen molar-refractivity contribution in [3.8, 4) is 0 Å². The Kier molecular flexibility index (Phi) is 7.29. The van der Waals surface area contributed by atoms with Crippen LogP contribution in [0, 0.1) is 0 Å². The molecule has 0 aromatic rings. The van der Waals surface area contributed by atoms with Crippen LogP contribution in [0.5, 0.6) is 0 Å². The lowest BCUT2D eigenvalue weighted by Crippen LogP contribution is -2.47. The summed E-state index contributed by atoms with van der Waals surface area (Å²) >= 11 is 0. The maximum absolute atomic E-state index is 11.1. The summed E-state index contributed by atoms with van der Waals surface area (Å²) in [6.07, 6.45) is -0.0208. The summed E-state index contributed by atoms with van der Waals surface area (Å²) in [5, 5.41) is 21.8. The Morgan fingerprint density at radius 1 is 1.47 bits per heavy atom. The first-order chi connectivity index (χ1) is 7.11. The number of urea groups is 1. The highest BCUT2D eigenvalue weighted by molar-refractivity contribution is 5.82. The first-order valence-corrected chi connectivity index (χ1v) is 4.48. The van der Waals surface area contributed by atoms with E-state index in [0.29, 0.717) is 13.2 Å². The molecular weight excluding hydrogens is 204 g/mol. The minimum atomic E-state index is -1.18. The average Bonchev–Trinajstić information content (AvgIpc) is 2.17. The van der Waals surface area contributed by atoms with Crippen LogP contribution in [0.3, 0.4) is 0 Å². The molecule has 0 spiro atoms. The van der Waals surface area contributed by atoms with Crippen molar-refractivity contribution in [2.45, 2.75) is 12.5 Å². The normalized spacial score (nSPS) is 11.9. The second kappa shape index (κ2) is 8.01. The number of aliphatic hydroxyl groups excluding tert-OH is 1. The van der Waals surface area contributed by atoms with Crippen molar-refractivity contribution >= 4 is 12.0 Å². The van der Waals surface area contributed by atoms with Crippen molar-refractivity contribution < 1.29 is 24.5 Å². The lowest BCUT2D eigenvalue weighted by molar-refractivity contribution is -0.139. The lowest BCUT2D eigenvalue weighted by Gasteiger charge is -2.13. The van der Waals surface area contributed by atoms with Crippen LogP contribution >= 0.6 is 0 Å². The highest BCUT2D eigenvalue weighted by Crippen LogP contribution is 1.90. The van der Waals surface area contributed by atoms with Gasteiger partial charge in [-0.2, -0.15) is 0 Å². The van der Waals surface area contributed by atoms with Crippen LogP contribution in [0.2, 0.25) is 0 Å². The highest BCUT2D eigenvalue weighted by atomic mass is 16.5. The van der Waals surface area contributed by atoms with Crippen molar-refractivity contribution in [1.29, 1.82) is 0 Å². The monoisotopic (exact) mass is 220 g/mol. The zero-order valence-corrected chi connectivity index (χ0v) is 8.52. The molecule has 0 saturated carbocycles. The summed E-state index contributed by atoms with van der Waals surface area (Å²) in [5.74, 6) is -1.18. The van der Waals surface area contributed by atoms with E-state index in [1.807, 2.05) is 0 Å². The van der Waals surface area contributed by atoms with Crippen LogP contribution in [0.4, 0.5) is 4.79 Å². The van der Waals surface area contributed by atoms with Crippen LogP contribution < -0.4 is 10.6 Å². The van der Waals surface area contributed by atoms with Gasteiger partial charge in [-0.05, 0) is 0 Å². The van der Waals surface area contributed by atoms with Crippen LogP contribution in [0.25, 0.3) is 0 Å². The molecule has 0 rings (SSSR count). The molecule has 0 aromatic heterocycles. The van der Waals surface area contributed by atoms with Gasteiger partial charge >= 0.3 is 12.0 Å². The molecule has 4 N–H and O–H groups in total. The van der Waals surface area contributed by atoms with E-state index in [0.717, 1.165) is 0 Å². The number of nitrogens with one attached hydrogen (secondary N) is 2. The number of carboxylic acid groups (broad SMARTS) is 1. The number of rotatable bonds is 7. The summed E-state index contributed by atoms with van der Waals surface area (Å²) in [6, 6.07) is -1.66. The van der Waals surface area contributed by atoms with E-state index in [4.69, 9.17) is 14.9 Å². The molecular formula is C8H16N2O5. The molecule has 0 bridgehead atoms. The molecule has 0 unspecified atom stereocenters. The average molecular weight is 220 g/mol. The summed E-state index contributed by atoms with van der Waals surface area (Å²) in [5.41, 5.74) is 0. The molecule has 7 nitrogen and oxygen atoms in total. The molecule has 7 heteroatoms. The Morgan fingerprint density at radius 3 is 2.60 bits per heavy atom. The molecule has 0 heterocycles. The van der Waals surface area contributed by atoms with E-state index in [-0.39, 0.29) is 13.0 Å². The van der Waals surface area contributed by atoms with Crippen molar-refractivity contribution in [1.82, 2.24) is 10.6 Å². The Hall–Kier alpha value is -1.34. The fourth-order valence-corrected chi connectivity index (χ4v) is 0.862. The molecule has 0 radical (unpaired) electrons. The molecule has 2 amide bonds. The molecule has 0 aliphatic carbocycles. The van der Waals surface area contributed by atoms with E-state index in [1.165, 1.54) is 7.11 Å². The SMILES string of the molecule is COCCNC(=O)N[C@@H](CCO)C(=O)O. The van der Waals surface area contributed by atoms with Gasteiger partial charge in [0.05, 0.1) is 6.61 Å². The number of hydrogen-bond acceptors (Lipinski definition) is 4. The molecule has 0 saturated heterocycles. The van der Waals surface area contributed by atoms with Gasteiger partial charge in [0.2, 0.25) is 0 Å². The standard InChI is InChI=1S/C8H16N2O5/c1-15-5-3-9-8(14)10-6(2-4-11)7(12)13/h6,11H,2-5H2,1H3,(H,12,13)(H2,9,10,14)/t6-/m0/s1. The third kappa shape index (κ3) is 6.69. The zero-order valence-electron chi connectivity index (χ0n) is 8.52. The molecule has 0 aliphatic rings. The predicted molar refractivity (Wildman–Crippen MR) is 51.5 cm³/mol. The first kappa shape index (κ1) is 13.7. The van der Waals surface area contributed by atoms with E-state index >= 15 is 0 Å². The number of carbonyl (C=O) groups excluding carboxylic acids is 1. The van der Waals surface area contributed by atoms with Crippen LogP contribution in [-0.4, -0.2) is 55.1 Å². The molecule has 0 aliphatic heterocycles. The number of aliphatic hydroxyl groups is 1. The van der Waals surface area contributed by atoms with Gasteiger partial charge in [-0.3, -0.25) is 0 Å². The van der Waals surface area contributed by atoms with Gasteiger partial charge in [0.15, 0.2) is 0 Å². The van der Waals surface area contributed by atoms with Crippen molar-refractivity contribution in [2.24, 2.45) is 0 Å². The minimum absolute atomic E-state index is 0.0208. The number of hydrogen-bond donors (Lipinski definition) is 4. The summed E-state index contributed by atoms with van der Waals surface area (Å²) in [7, 11) is 1.49. The second-order valence-electron chi connectivity index (χ2n) is 2.80. The molecule has 15 heavy (non-hydrogen) atoms. The smallest absolute Gasteiger partial charge is 0.326 e. The van der Waals surface area contributed by atoms with Crippen molar-refractivity contribution in [3.63, 3.8) is 0 Å². The largest absolute Gasteiger partial charge is 0.480 e. The van der Waals surface area contributed by atoms with Crippen LogP contribution in [0.15, 0.2) is 0 Å². The fourth-order valence-electron chi connectivity index (χ4n) is 0.862. The van der Waals surface area contributed by atoms with Gasteiger partial charge in [-0.25, -0.2) is 9.59 Å². The van der Waals surface area contributed by atoms with Gasteiger partial charge in [0.25, 0.3) is 0 Å². The van der Waals surface area contributed by atoms with Gasteiger partial charge < -0.3 is 25.6 Å². The summed E-state index contributed by atoms with van der Waals surface area (Å²) in [4.78, 5) is 21.7. The molecule has 0 aromatic carbocycles. The van der Waals surface area contributed by atoms with Crippen LogP contribution in [-0.2, 0) is 9.53 Å². The van der Waals surface area contributed by atoms with Crippen LogP contribution in [0.1, 0.15) is 6.42 Å². The fraction of sp³-hybridized carbons (Fsp3) is 0.750. The Balaban J connectivity index is 3.84. The maximum atomic E-state index is 11.1. The van der Waals surface area contributed by atoms with E-state index < -0.39 is 18.0 Å². The maximum Gasteiger partial charge on any atom is 0.326 e. The number of amides is 2. The Bertz CT molecular complexity index is 209. The molecule has 88 valence electrons. The first-order valence-electron chi connectivity index (χ1n) is 4.48. The summed E-state index contributed by atoms with van der Waals surface area (Å²) in [6.45, 7) is 0.355. The minimum Gasteiger partial charge on any atom is -0.480 e. The number of carboxylic acids is 1. The van der Waals surface area contributed by atoms with Gasteiger partial charge in [-0.15, -0.1) is 0 Å². The molecule has 0 fully saturated rings. The van der Waals surface area contributed by atoms with Crippen molar-refractivity contribution in [2.75, 3.05) is 26.9 Å². The third-order valence-electron chi connectivity index (χ3n) is 1.61. The van der Waals surface area contributed by atoms with E-state index in [1.54, 1.807) is 0 Å². The number of methoxy groups -OCH3 is 1. The predicted octanol–water partition coefficient (Wildman–Crippen LogP) is -1.23. The number of carbonyl (C=O) groups is 2. The number of ether oxygens (including phenoxy) is 1. The number of aliphatic carboxylic acids is 1. The second-order valence-corrected chi connectivity index (χ2v) is 2.80. The van der Waals surface area contributed by atoms with Gasteiger partial charge in [0, 0.05) is 26.7 Å². The van der Waals surface area contributed by atoms with Gasteiger partial charge in [-0.1, -0.05) is 0 Å². The Labute approximate surface area is 87.4 Å². The Morgan fingerprint density at radius 2 is 2.13 bits per heavy atom. The van der Waals surface area contributed by atoms with E-state index in [2.05, 4.69) is 10.6 Å². The highest BCUT2D eigenvalue weighted by Gasteiger charge is 2.18. The summed E-state index contributed by atoms with van der Waals surface area (Å²) < 4.78 is 4.69. The van der Waals surface area contributed by atoms with E-state index in [9.17, 15) is 9.59 Å². The topological polar surface area (TPSA) is 108 Å². The zero-order chi connectivity index (χ0) is 11.7.